The summed E-state index contributed by atoms with van der Waals surface area (Å²) in [7, 11) is -2.11. The summed E-state index contributed by atoms with van der Waals surface area (Å²) in [6, 6.07) is 13.0. The number of anilines is 1. The summed E-state index contributed by atoms with van der Waals surface area (Å²) in [5.41, 5.74) is 0.609. The predicted molar refractivity (Wildman–Crippen MR) is 112 cm³/mol. The highest BCUT2D eigenvalue weighted by Crippen LogP contribution is 2.22. The lowest BCUT2D eigenvalue weighted by Crippen LogP contribution is -2.38. The minimum atomic E-state index is -3.64. The molecule has 29 heavy (non-hydrogen) atoms. The molecular formula is C21H26N2O5S. The first-order valence-corrected chi connectivity index (χ1v) is 10.8. The van der Waals surface area contributed by atoms with Gasteiger partial charge in [0.05, 0.1) is 22.8 Å². The first kappa shape index (κ1) is 22.4. The van der Waals surface area contributed by atoms with Crippen molar-refractivity contribution in [3.63, 3.8) is 0 Å². The Morgan fingerprint density at radius 2 is 1.79 bits per heavy atom. The van der Waals surface area contributed by atoms with Gasteiger partial charge in [-0.2, -0.15) is 0 Å². The molecular weight excluding hydrogens is 392 g/mol. The zero-order chi connectivity index (χ0) is 21.6. The molecule has 0 fully saturated rings. The molecule has 0 radical (unpaired) electrons. The van der Waals surface area contributed by atoms with E-state index in [0.29, 0.717) is 11.4 Å². The van der Waals surface area contributed by atoms with Gasteiger partial charge in [-0.25, -0.2) is 8.42 Å². The van der Waals surface area contributed by atoms with E-state index in [1.165, 1.54) is 24.1 Å². The van der Waals surface area contributed by atoms with Gasteiger partial charge in [-0.3, -0.25) is 9.59 Å². The SMILES string of the molecule is CCN(CC(=O)Nc1cccc(OC)c1)C(=O)c1ccccc1S(=O)(=O)C(C)C. The Kier molecular flexibility index (Phi) is 7.39. The largest absolute Gasteiger partial charge is 0.497 e. The molecule has 0 aliphatic carbocycles. The summed E-state index contributed by atoms with van der Waals surface area (Å²) < 4.78 is 30.4. The van der Waals surface area contributed by atoms with Crippen LogP contribution in [0.4, 0.5) is 5.69 Å². The Labute approximate surface area is 171 Å². The van der Waals surface area contributed by atoms with Crippen molar-refractivity contribution in [3.05, 3.63) is 54.1 Å². The van der Waals surface area contributed by atoms with Crippen LogP contribution in [0.25, 0.3) is 0 Å². The predicted octanol–water partition coefficient (Wildman–Crippen LogP) is 2.98. The summed E-state index contributed by atoms with van der Waals surface area (Å²) in [6.07, 6.45) is 0. The van der Waals surface area contributed by atoms with E-state index in [9.17, 15) is 18.0 Å². The molecule has 0 spiro atoms. The molecule has 1 N–H and O–H groups in total. The number of nitrogens with zero attached hydrogens (tertiary/aromatic N) is 1. The standard InChI is InChI=1S/C21H26N2O5S/c1-5-23(14-20(24)22-16-9-8-10-17(13-16)28-4)21(25)18-11-6-7-12-19(18)29(26,27)15(2)3/h6-13,15H,5,14H2,1-4H3,(H,22,24). The van der Waals surface area contributed by atoms with Gasteiger partial charge >= 0.3 is 0 Å². The molecule has 0 aliphatic heterocycles. The van der Waals surface area contributed by atoms with E-state index in [4.69, 9.17) is 4.74 Å². The van der Waals surface area contributed by atoms with Gasteiger partial charge in [0.15, 0.2) is 9.84 Å². The smallest absolute Gasteiger partial charge is 0.255 e. The van der Waals surface area contributed by atoms with Gasteiger partial charge in [0.25, 0.3) is 5.91 Å². The van der Waals surface area contributed by atoms with Gasteiger partial charge in [0, 0.05) is 18.3 Å². The number of ether oxygens (including phenoxy) is 1. The van der Waals surface area contributed by atoms with Gasteiger partial charge in [-0.15, -0.1) is 0 Å². The molecule has 2 aromatic rings. The van der Waals surface area contributed by atoms with Crippen molar-refractivity contribution in [3.8, 4) is 5.75 Å². The first-order chi connectivity index (χ1) is 13.7. The number of hydrogen-bond acceptors (Lipinski definition) is 5. The number of methoxy groups -OCH3 is 1. The molecule has 0 heterocycles. The number of rotatable bonds is 8. The molecule has 0 bridgehead atoms. The van der Waals surface area contributed by atoms with Crippen LogP contribution >= 0.6 is 0 Å². The van der Waals surface area contributed by atoms with Crippen molar-refractivity contribution in [2.45, 2.75) is 30.9 Å². The number of carbonyl (C=O) groups is 2. The van der Waals surface area contributed by atoms with Crippen molar-refractivity contribution >= 4 is 27.3 Å². The molecule has 2 aromatic carbocycles. The monoisotopic (exact) mass is 418 g/mol. The second kappa shape index (κ2) is 9.56. The van der Waals surface area contributed by atoms with E-state index in [2.05, 4.69) is 5.32 Å². The summed E-state index contributed by atoms with van der Waals surface area (Å²) in [6.45, 7) is 4.91. The number of benzene rings is 2. The van der Waals surface area contributed by atoms with E-state index < -0.39 is 26.9 Å². The Hall–Kier alpha value is -2.87. The van der Waals surface area contributed by atoms with E-state index in [1.807, 2.05) is 0 Å². The molecule has 2 rings (SSSR count). The maximum atomic E-state index is 13.0. The zero-order valence-electron chi connectivity index (χ0n) is 17.0. The maximum absolute atomic E-state index is 13.0. The van der Waals surface area contributed by atoms with Gasteiger partial charge in [-0.1, -0.05) is 18.2 Å². The fourth-order valence-corrected chi connectivity index (χ4v) is 3.96. The summed E-state index contributed by atoms with van der Waals surface area (Å²) in [5.74, 6) is -0.301. The number of amides is 2. The Bertz CT molecular complexity index is 986. The Balaban J connectivity index is 2.22. The third-order valence-corrected chi connectivity index (χ3v) is 6.61. The zero-order valence-corrected chi connectivity index (χ0v) is 17.8. The molecule has 7 nitrogen and oxygen atoms in total. The Morgan fingerprint density at radius 1 is 1.10 bits per heavy atom. The summed E-state index contributed by atoms with van der Waals surface area (Å²) >= 11 is 0. The van der Waals surface area contributed by atoms with Crippen LogP contribution in [0, 0.1) is 0 Å². The fraction of sp³-hybridized carbons (Fsp3) is 0.333. The van der Waals surface area contributed by atoms with Crippen LogP contribution < -0.4 is 10.1 Å². The molecule has 0 atom stereocenters. The van der Waals surface area contributed by atoms with Crippen LogP contribution in [0.15, 0.2) is 53.4 Å². The van der Waals surface area contributed by atoms with Gasteiger partial charge in [0.1, 0.15) is 12.3 Å². The van der Waals surface area contributed by atoms with Crippen molar-refractivity contribution in [1.29, 1.82) is 0 Å². The molecule has 0 unspecified atom stereocenters. The lowest BCUT2D eigenvalue weighted by atomic mass is 10.2. The highest BCUT2D eigenvalue weighted by molar-refractivity contribution is 7.92. The van der Waals surface area contributed by atoms with Gasteiger partial charge < -0.3 is 15.0 Å². The minimum Gasteiger partial charge on any atom is -0.497 e. The van der Waals surface area contributed by atoms with Crippen LogP contribution in [0.5, 0.6) is 5.75 Å². The van der Waals surface area contributed by atoms with Gasteiger partial charge in [0.2, 0.25) is 5.91 Å². The third-order valence-electron chi connectivity index (χ3n) is 4.40. The molecule has 2 amide bonds. The van der Waals surface area contributed by atoms with Crippen LogP contribution in [-0.2, 0) is 14.6 Å². The highest BCUT2D eigenvalue weighted by Gasteiger charge is 2.27. The van der Waals surface area contributed by atoms with Crippen LogP contribution in [0.1, 0.15) is 31.1 Å². The fourth-order valence-electron chi connectivity index (χ4n) is 2.72. The van der Waals surface area contributed by atoms with Crippen LogP contribution in [0.3, 0.4) is 0 Å². The minimum absolute atomic E-state index is 0.0216. The third kappa shape index (κ3) is 5.35. The number of hydrogen-bond donors (Lipinski definition) is 1. The summed E-state index contributed by atoms with van der Waals surface area (Å²) in [4.78, 5) is 26.7. The average molecular weight is 419 g/mol. The number of carbonyl (C=O) groups excluding carboxylic acids is 2. The molecule has 8 heteroatoms. The second-order valence-electron chi connectivity index (χ2n) is 6.69. The maximum Gasteiger partial charge on any atom is 0.255 e. The van der Waals surface area contributed by atoms with E-state index in [1.54, 1.807) is 57.2 Å². The number of likely N-dealkylation sites (N-methyl/N-ethyl adjacent to an activating group) is 1. The lowest BCUT2D eigenvalue weighted by Gasteiger charge is -2.22. The van der Waals surface area contributed by atoms with Crippen molar-refractivity contribution < 1.29 is 22.7 Å². The lowest BCUT2D eigenvalue weighted by molar-refractivity contribution is -0.116. The van der Waals surface area contributed by atoms with Crippen molar-refractivity contribution in [1.82, 2.24) is 4.90 Å². The number of nitrogens with one attached hydrogen (secondary N) is 1. The molecule has 0 aromatic heterocycles. The summed E-state index contributed by atoms with van der Waals surface area (Å²) in [5, 5.41) is 2.06. The topological polar surface area (TPSA) is 92.8 Å². The van der Waals surface area contributed by atoms with Crippen molar-refractivity contribution in [2.75, 3.05) is 25.5 Å². The molecule has 156 valence electrons. The second-order valence-corrected chi connectivity index (χ2v) is 9.16. The van der Waals surface area contributed by atoms with Crippen molar-refractivity contribution in [2.24, 2.45) is 0 Å². The highest BCUT2D eigenvalue weighted by atomic mass is 32.2. The van der Waals surface area contributed by atoms with Crippen LogP contribution in [0.2, 0.25) is 0 Å². The van der Waals surface area contributed by atoms with E-state index >= 15 is 0 Å². The van der Waals surface area contributed by atoms with E-state index in [-0.39, 0.29) is 23.5 Å². The van der Waals surface area contributed by atoms with Gasteiger partial charge in [-0.05, 0) is 45.0 Å². The number of sulfone groups is 1. The quantitative estimate of drug-likeness (QED) is 0.711. The Morgan fingerprint density at radius 3 is 2.41 bits per heavy atom. The molecule has 0 saturated carbocycles. The normalized spacial score (nSPS) is 11.2. The average Bonchev–Trinajstić information content (AvgIpc) is 2.71. The molecule has 0 saturated heterocycles. The first-order valence-electron chi connectivity index (χ1n) is 9.26. The molecule has 0 aliphatic rings. The van der Waals surface area contributed by atoms with E-state index in [0.717, 1.165) is 0 Å². The van der Waals surface area contributed by atoms with Crippen LogP contribution in [-0.4, -0.2) is 50.6 Å².